The molecule has 0 aliphatic rings. The van der Waals surface area contributed by atoms with Crippen LogP contribution in [0.15, 0.2) is 10.6 Å². The van der Waals surface area contributed by atoms with Gasteiger partial charge in [0.15, 0.2) is 5.69 Å². The van der Waals surface area contributed by atoms with E-state index in [-0.39, 0.29) is 11.6 Å². The minimum absolute atomic E-state index is 0.00685. The van der Waals surface area contributed by atoms with Crippen LogP contribution in [0.5, 0.6) is 0 Å². The second-order valence-electron chi connectivity index (χ2n) is 1.42. The van der Waals surface area contributed by atoms with Crippen LogP contribution in [0, 0.1) is 0 Å². The Morgan fingerprint density at radius 2 is 2.56 bits per heavy atom. The number of hydrogen-bond acceptors (Lipinski definition) is 4. The van der Waals surface area contributed by atoms with Crippen molar-refractivity contribution in [3.63, 3.8) is 0 Å². The minimum atomic E-state index is -1.14. The van der Waals surface area contributed by atoms with Gasteiger partial charge in [-0.05, 0) is 0 Å². The maximum atomic E-state index is 10.0. The molecule has 1 aromatic heterocycles. The molecule has 0 atom stereocenters. The van der Waals surface area contributed by atoms with Gasteiger partial charge in [0.05, 0.1) is 0 Å². The van der Waals surface area contributed by atoms with Gasteiger partial charge in [0.1, 0.15) is 0 Å². The molecule has 0 radical (unpaired) electrons. The lowest BCUT2D eigenvalue weighted by Crippen LogP contribution is -1.94. The summed E-state index contributed by atoms with van der Waals surface area (Å²) in [6.07, 6.45) is 0. The first-order valence-corrected chi connectivity index (χ1v) is 2.15. The van der Waals surface area contributed by atoms with Crippen molar-refractivity contribution in [3.8, 4) is 0 Å². The summed E-state index contributed by atoms with van der Waals surface area (Å²) in [7, 11) is 0. The number of hydrogen-bond donors (Lipinski definition) is 2. The Morgan fingerprint density at radius 3 is 2.78 bits per heavy atom. The molecule has 0 spiro atoms. The van der Waals surface area contributed by atoms with Crippen LogP contribution in [0.1, 0.15) is 10.5 Å². The number of carbonyl (C=O) groups is 1. The van der Waals surface area contributed by atoms with Crippen molar-refractivity contribution in [1.29, 1.82) is 0 Å². The third kappa shape index (κ3) is 0.987. The quantitative estimate of drug-likeness (QED) is 0.553. The summed E-state index contributed by atoms with van der Waals surface area (Å²) in [5.41, 5.74) is 4.85. The Labute approximate surface area is 50.1 Å². The molecule has 9 heavy (non-hydrogen) atoms. The highest BCUT2D eigenvalue weighted by Gasteiger charge is 2.06. The van der Waals surface area contributed by atoms with Crippen molar-refractivity contribution in [2.24, 2.45) is 0 Å². The largest absolute Gasteiger partial charge is 0.476 e. The number of nitrogen functional groups attached to an aromatic ring is 1. The van der Waals surface area contributed by atoms with Gasteiger partial charge in [0, 0.05) is 6.07 Å². The van der Waals surface area contributed by atoms with E-state index >= 15 is 0 Å². The second kappa shape index (κ2) is 1.77. The van der Waals surface area contributed by atoms with Gasteiger partial charge in [-0.25, -0.2) is 4.79 Å². The van der Waals surface area contributed by atoms with Gasteiger partial charge < -0.3 is 15.4 Å². The van der Waals surface area contributed by atoms with E-state index in [4.69, 9.17) is 10.8 Å². The number of nitrogens with two attached hydrogens (primary N) is 1. The molecule has 0 aliphatic heterocycles. The predicted molar refractivity (Wildman–Crippen MR) is 27.9 cm³/mol. The highest BCUT2D eigenvalue weighted by atomic mass is 16.5. The first-order valence-electron chi connectivity index (χ1n) is 2.15. The average molecular weight is 128 g/mol. The van der Waals surface area contributed by atoms with Crippen LogP contribution >= 0.6 is 0 Å². The number of carboxylic acids is 1. The maximum Gasteiger partial charge on any atom is 0.358 e. The molecule has 0 bridgehead atoms. The van der Waals surface area contributed by atoms with Crippen LogP contribution < -0.4 is 5.73 Å². The zero-order chi connectivity index (χ0) is 6.85. The van der Waals surface area contributed by atoms with E-state index < -0.39 is 5.97 Å². The number of carboxylic acid groups (broad SMARTS) is 1. The maximum absolute atomic E-state index is 10.0. The monoisotopic (exact) mass is 128 g/mol. The van der Waals surface area contributed by atoms with Crippen LogP contribution in [0.3, 0.4) is 0 Å². The molecule has 0 aliphatic carbocycles. The van der Waals surface area contributed by atoms with Gasteiger partial charge in [-0.3, -0.25) is 0 Å². The molecule has 3 N–H and O–H groups in total. The van der Waals surface area contributed by atoms with Gasteiger partial charge in [-0.2, -0.15) is 0 Å². The summed E-state index contributed by atoms with van der Waals surface area (Å²) >= 11 is 0. The first-order chi connectivity index (χ1) is 4.20. The third-order valence-corrected chi connectivity index (χ3v) is 0.747. The van der Waals surface area contributed by atoms with Crippen molar-refractivity contribution in [2.75, 3.05) is 5.73 Å². The Hall–Kier alpha value is -1.52. The highest BCUT2D eigenvalue weighted by molar-refractivity contribution is 5.85. The van der Waals surface area contributed by atoms with Crippen LogP contribution in [0.2, 0.25) is 0 Å². The first kappa shape index (κ1) is 5.61. The molecule has 0 saturated carbocycles. The van der Waals surface area contributed by atoms with Crippen molar-refractivity contribution >= 4 is 11.9 Å². The molecule has 48 valence electrons. The van der Waals surface area contributed by atoms with Gasteiger partial charge in [-0.1, -0.05) is 5.16 Å². The van der Waals surface area contributed by atoms with Crippen molar-refractivity contribution in [2.45, 2.75) is 0 Å². The lowest BCUT2D eigenvalue weighted by atomic mass is 10.4. The molecule has 1 aromatic rings. The highest BCUT2D eigenvalue weighted by Crippen LogP contribution is 2.02. The van der Waals surface area contributed by atoms with E-state index in [1.165, 1.54) is 0 Å². The second-order valence-corrected chi connectivity index (χ2v) is 1.42. The summed E-state index contributed by atoms with van der Waals surface area (Å²) in [6, 6.07) is 1.14. The van der Waals surface area contributed by atoms with Crippen LogP contribution in [-0.2, 0) is 0 Å². The predicted octanol–water partition coefficient (Wildman–Crippen LogP) is -0.0450. The number of rotatable bonds is 1. The molecule has 0 aromatic carbocycles. The van der Waals surface area contributed by atoms with E-state index in [9.17, 15) is 4.79 Å². The molecular formula is C4H4N2O3. The standard InChI is InChI=1S/C4H4N2O3/c5-3-1-2(4(7)8)6-9-3/h1H,5H2,(H,7,8). The van der Waals surface area contributed by atoms with Gasteiger partial charge in [-0.15, -0.1) is 0 Å². The number of aromatic nitrogens is 1. The minimum Gasteiger partial charge on any atom is -0.476 e. The lowest BCUT2D eigenvalue weighted by Gasteiger charge is -1.75. The van der Waals surface area contributed by atoms with E-state index in [1.807, 2.05) is 0 Å². The van der Waals surface area contributed by atoms with Crippen molar-refractivity contribution < 1.29 is 14.4 Å². The molecule has 0 amide bonds. The summed E-state index contributed by atoms with van der Waals surface area (Å²) in [5.74, 6) is -1.14. The van der Waals surface area contributed by atoms with Crippen LogP contribution in [0.4, 0.5) is 5.88 Å². The van der Waals surface area contributed by atoms with Gasteiger partial charge in [0.25, 0.3) is 0 Å². The third-order valence-electron chi connectivity index (χ3n) is 0.747. The SMILES string of the molecule is Nc1cc(C(=O)O)no1. The van der Waals surface area contributed by atoms with Crippen LogP contribution in [-0.4, -0.2) is 16.2 Å². The Bertz CT molecular complexity index is 229. The number of nitrogens with zero attached hydrogens (tertiary/aromatic N) is 1. The molecule has 0 saturated heterocycles. The number of aromatic carboxylic acids is 1. The zero-order valence-corrected chi connectivity index (χ0v) is 4.37. The fourth-order valence-electron chi connectivity index (χ4n) is 0.390. The molecule has 0 unspecified atom stereocenters. The summed E-state index contributed by atoms with van der Waals surface area (Å²) in [6.45, 7) is 0. The number of anilines is 1. The van der Waals surface area contributed by atoms with Crippen molar-refractivity contribution in [3.05, 3.63) is 11.8 Å². The van der Waals surface area contributed by atoms with E-state index in [0.29, 0.717) is 0 Å². The van der Waals surface area contributed by atoms with Gasteiger partial charge >= 0.3 is 5.97 Å². The van der Waals surface area contributed by atoms with Crippen LogP contribution in [0.25, 0.3) is 0 Å². The summed E-state index contributed by atoms with van der Waals surface area (Å²) in [5, 5.41) is 11.3. The summed E-state index contributed by atoms with van der Waals surface area (Å²) in [4.78, 5) is 10.0. The lowest BCUT2D eigenvalue weighted by molar-refractivity contribution is 0.0686. The molecule has 1 rings (SSSR count). The molecule has 5 heteroatoms. The van der Waals surface area contributed by atoms with E-state index in [0.717, 1.165) is 6.07 Å². The van der Waals surface area contributed by atoms with Crippen molar-refractivity contribution in [1.82, 2.24) is 5.16 Å². The Morgan fingerprint density at radius 1 is 1.89 bits per heavy atom. The Balaban J connectivity index is 2.98. The normalized spacial score (nSPS) is 9.33. The van der Waals surface area contributed by atoms with E-state index in [2.05, 4.69) is 9.68 Å². The topological polar surface area (TPSA) is 89.4 Å². The fraction of sp³-hybridized carbons (Fsp3) is 0. The molecule has 0 fully saturated rings. The van der Waals surface area contributed by atoms with E-state index in [1.54, 1.807) is 0 Å². The Kier molecular flexibility index (Phi) is 1.11. The molecule has 5 nitrogen and oxygen atoms in total. The summed E-state index contributed by atoms with van der Waals surface area (Å²) < 4.78 is 4.27. The zero-order valence-electron chi connectivity index (χ0n) is 4.37. The smallest absolute Gasteiger partial charge is 0.358 e. The fourth-order valence-corrected chi connectivity index (χ4v) is 0.390. The van der Waals surface area contributed by atoms with Gasteiger partial charge in [0.2, 0.25) is 5.88 Å². The molecule has 1 heterocycles. The average Bonchev–Trinajstić information content (AvgIpc) is 2.14. The molecular weight excluding hydrogens is 124 g/mol.